The summed E-state index contributed by atoms with van der Waals surface area (Å²) in [7, 11) is 0. The molecule has 0 saturated heterocycles. The van der Waals surface area contributed by atoms with Crippen LogP contribution in [-0.2, 0) is 0 Å². The van der Waals surface area contributed by atoms with Gasteiger partial charge in [-0.2, -0.15) is 0 Å². The van der Waals surface area contributed by atoms with Gasteiger partial charge < -0.3 is 9.32 Å². The summed E-state index contributed by atoms with van der Waals surface area (Å²) in [4.78, 5) is 17.0. The Morgan fingerprint density at radius 3 is 1.75 bits per heavy atom. The first-order valence-corrected chi connectivity index (χ1v) is 20.2. The van der Waals surface area contributed by atoms with E-state index in [-0.39, 0.29) is 0 Å². The van der Waals surface area contributed by atoms with Gasteiger partial charge in [-0.3, -0.25) is 4.98 Å². The van der Waals surface area contributed by atoms with E-state index in [1.807, 2.05) is 36.5 Å². The molecule has 0 N–H and O–H groups in total. The molecule has 0 bridgehead atoms. The molecular formula is C55H34N4O. The molecule has 12 rings (SSSR count). The fourth-order valence-corrected chi connectivity index (χ4v) is 8.62. The topological polar surface area (TPSA) is 55.1 Å². The van der Waals surface area contributed by atoms with Crippen molar-refractivity contribution < 1.29 is 4.42 Å². The number of hydrogen-bond donors (Lipinski definition) is 0. The number of nitrogens with zero attached hydrogens (tertiary/aromatic N) is 4. The highest BCUT2D eigenvalue weighted by atomic mass is 16.3. The third kappa shape index (κ3) is 5.83. The second kappa shape index (κ2) is 13.8. The van der Waals surface area contributed by atoms with Gasteiger partial charge in [0.05, 0.1) is 22.9 Å². The Labute approximate surface area is 345 Å². The fourth-order valence-electron chi connectivity index (χ4n) is 8.62. The standard InChI is InChI=1S/C55H34N4O/c1-2-9-39-31-40(14-13-35(39)7-1)41-21-28-47-42(32-41)15-16-43-33-46(27-29-48(43)47)59(45-25-19-38(20-26-45)55-58-50-11-5-6-12-53(50)60-55)44-23-17-37(18-24-44)52-34-56-54-49-10-4-3-8-36(49)22-30-51(54)57-52/h1-34H. The van der Waals surface area contributed by atoms with Crippen LogP contribution in [0, 0.1) is 0 Å². The molecule has 0 unspecified atom stereocenters. The largest absolute Gasteiger partial charge is 0.436 e. The number of anilines is 3. The van der Waals surface area contributed by atoms with Gasteiger partial charge in [0.15, 0.2) is 5.58 Å². The number of hydrogen-bond acceptors (Lipinski definition) is 5. The number of oxazole rings is 1. The Balaban J connectivity index is 0.928. The van der Waals surface area contributed by atoms with E-state index in [4.69, 9.17) is 19.4 Å². The normalized spacial score (nSPS) is 11.7. The molecule has 0 aliphatic rings. The molecule has 0 amide bonds. The highest BCUT2D eigenvalue weighted by Crippen LogP contribution is 2.40. The lowest BCUT2D eigenvalue weighted by atomic mass is 9.96. The van der Waals surface area contributed by atoms with Gasteiger partial charge in [-0.15, -0.1) is 0 Å². The van der Waals surface area contributed by atoms with Crippen molar-refractivity contribution in [1.82, 2.24) is 15.0 Å². The molecule has 0 aliphatic carbocycles. The Morgan fingerprint density at radius 1 is 0.367 bits per heavy atom. The van der Waals surface area contributed by atoms with Gasteiger partial charge in [-0.25, -0.2) is 9.97 Å². The predicted octanol–water partition coefficient (Wildman–Crippen LogP) is 14.9. The second-order valence-corrected chi connectivity index (χ2v) is 15.3. The van der Waals surface area contributed by atoms with Crippen molar-refractivity contribution in [3.05, 3.63) is 206 Å². The molecule has 5 heteroatoms. The van der Waals surface area contributed by atoms with Crippen LogP contribution in [0.1, 0.15) is 0 Å². The molecule has 60 heavy (non-hydrogen) atoms. The van der Waals surface area contributed by atoms with Crippen LogP contribution in [0.3, 0.4) is 0 Å². The smallest absolute Gasteiger partial charge is 0.227 e. The summed E-state index contributed by atoms with van der Waals surface area (Å²) in [6.07, 6.45) is 1.88. The van der Waals surface area contributed by atoms with Crippen molar-refractivity contribution in [3.63, 3.8) is 0 Å². The Morgan fingerprint density at radius 2 is 0.950 bits per heavy atom. The third-order valence-corrected chi connectivity index (χ3v) is 11.7. The van der Waals surface area contributed by atoms with Crippen molar-refractivity contribution in [1.29, 1.82) is 0 Å². The molecule has 10 aromatic carbocycles. The number of benzene rings is 10. The first-order valence-electron chi connectivity index (χ1n) is 20.2. The zero-order valence-electron chi connectivity index (χ0n) is 32.3. The maximum atomic E-state index is 6.12. The lowest BCUT2D eigenvalue weighted by molar-refractivity contribution is 0.620. The Hall–Kier alpha value is -8.15. The van der Waals surface area contributed by atoms with Gasteiger partial charge in [0.25, 0.3) is 0 Å². The molecule has 5 nitrogen and oxygen atoms in total. The van der Waals surface area contributed by atoms with Crippen LogP contribution in [0.4, 0.5) is 17.1 Å². The molecule has 280 valence electrons. The SMILES string of the molecule is c1ccc2cc(-c3ccc4c(ccc5cc(N(c6ccc(-c7cnc8c(ccc9ccccc98)n7)cc6)c6ccc(-c7nc8ccccc8o7)cc6)ccc54)c3)ccc2c1. The first-order chi connectivity index (χ1) is 29.7. The van der Waals surface area contributed by atoms with Gasteiger partial charge in [0.2, 0.25) is 5.89 Å². The minimum absolute atomic E-state index is 0.601. The van der Waals surface area contributed by atoms with Crippen LogP contribution in [0.5, 0.6) is 0 Å². The van der Waals surface area contributed by atoms with E-state index >= 15 is 0 Å². The highest BCUT2D eigenvalue weighted by molar-refractivity contribution is 6.10. The van der Waals surface area contributed by atoms with Crippen molar-refractivity contribution in [3.8, 4) is 33.8 Å². The molecular weight excluding hydrogens is 733 g/mol. The quantitative estimate of drug-likeness (QED) is 0.158. The Kier molecular flexibility index (Phi) is 7.78. The molecule has 0 saturated carbocycles. The summed E-state index contributed by atoms with van der Waals surface area (Å²) in [6.45, 7) is 0. The lowest BCUT2D eigenvalue weighted by Gasteiger charge is -2.26. The Bertz CT molecular complexity index is 3580. The van der Waals surface area contributed by atoms with E-state index in [2.05, 4.69) is 175 Å². The zero-order chi connectivity index (χ0) is 39.6. The lowest BCUT2D eigenvalue weighted by Crippen LogP contribution is -2.10. The van der Waals surface area contributed by atoms with Gasteiger partial charge in [-0.1, -0.05) is 121 Å². The van der Waals surface area contributed by atoms with E-state index in [1.54, 1.807) is 0 Å². The van der Waals surface area contributed by atoms with Crippen LogP contribution >= 0.6 is 0 Å². The summed E-state index contributed by atoms with van der Waals surface area (Å²) < 4.78 is 6.12. The number of fused-ring (bicyclic) bond motifs is 8. The number of para-hydroxylation sites is 2. The molecule has 0 spiro atoms. The van der Waals surface area contributed by atoms with Gasteiger partial charge in [-0.05, 0) is 128 Å². The monoisotopic (exact) mass is 766 g/mol. The first kappa shape index (κ1) is 33.9. The van der Waals surface area contributed by atoms with E-state index in [0.29, 0.717) is 5.89 Å². The predicted molar refractivity (Wildman–Crippen MR) is 248 cm³/mol. The van der Waals surface area contributed by atoms with Crippen LogP contribution in [-0.4, -0.2) is 15.0 Å². The van der Waals surface area contributed by atoms with E-state index in [0.717, 1.165) is 66.8 Å². The molecule has 0 radical (unpaired) electrons. The fraction of sp³-hybridized carbons (Fsp3) is 0. The van der Waals surface area contributed by atoms with Crippen molar-refractivity contribution in [2.45, 2.75) is 0 Å². The summed E-state index contributed by atoms with van der Waals surface area (Å²) in [5.41, 5.74) is 11.7. The van der Waals surface area contributed by atoms with Crippen molar-refractivity contribution >= 4 is 82.3 Å². The molecule has 0 aliphatic heterocycles. The number of rotatable bonds is 6. The van der Waals surface area contributed by atoms with Crippen molar-refractivity contribution in [2.75, 3.05) is 4.90 Å². The molecule has 2 aromatic heterocycles. The van der Waals surface area contributed by atoms with Gasteiger partial charge >= 0.3 is 0 Å². The van der Waals surface area contributed by atoms with E-state index in [9.17, 15) is 0 Å². The average molecular weight is 767 g/mol. The average Bonchev–Trinajstić information content (AvgIpc) is 3.76. The third-order valence-electron chi connectivity index (χ3n) is 11.7. The van der Waals surface area contributed by atoms with Crippen LogP contribution in [0.15, 0.2) is 211 Å². The maximum absolute atomic E-state index is 6.12. The number of aromatic nitrogens is 3. The highest BCUT2D eigenvalue weighted by Gasteiger charge is 2.17. The van der Waals surface area contributed by atoms with Crippen LogP contribution < -0.4 is 4.90 Å². The van der Waals surface area contributed by atoms with Crippen LogP contribution in [0.2, 0.25) is 0 Å². The van der Waals surface area contributed by atoms with Gasteiger partial charge in [0.1, 0.15) is 5.52 Å². The summed E-state index contributed by atoms with van der Waals surface area (Å²) in [5.74, 6) is 0.601. The van der Waals surface area contributed by atoms with Crippen LogP contribution in [0.25, 0.3) is 99.1 Å². The molecule has 0 fully saturated rings. The summed E-state index contributed by atoms with van der Waals surface area (Å²) >= 11 is 0. The second-order valence-electron chi connectivity index (χ2n) is 15.3. The maximum Gasteiger partial charge on any atom is 0.227 e. The summed E-state index contributed by atoms with van der Waals surface area (Å²) in [5, 5.41) is 9.59. The molecule has 2 heterocycles. The molecule has 0 atom stereocenters. The minimum atomic E-state index is 0.601. The minimum Gasteiger partial charge on any atom is -0.436 e. The van der Waals surface area contributed by atoms with E-state index in [1.165, 1.54) is 43.4 Å². The zero-order valence-corrected chi connectivity index (χ0v) is 32.3. The van der Waals surface area contributed by atoms with Crippen molar-refractivity contribution in [2.24, 2.45) is 0 Å². The molecule has 12 aromatic rings. The summed E-state index contributed by atoms with van der Waals surface area (Å²) in [6, 6.07) is 70.7. The van der Waals surface area contributed by atoms with Gasteiger partial charge in [0, 0.05) is 33.6 Å². The van der Waals surface area contributed by atoms with E-state index < -0.39 is 0 Å².